The van der Waals surface area contributed by atoms with Crippen LogP contribution in [0.2, 0.25) is 0 Å². The van der Waals surface area contributed by atoms with E-state index in [9.17, 15) is 9.90 Å². The Bertz CT molecular complexity index is 1200. The smallest absolute Gasteiger partial charge is 0.333 e. The van der Waals surface area contributed by atoms with Crippen LogP contribution in [-0.4, -0.2) is 23.7 Å². The standard InChI is InChI=1S/C29H29NO3S2/c31-29(32)26(33-20-23-5-2-1-3-6-23)19-22-10-8-21(9-11-22)7-4-16-30-27-24(14-17-34-27)12-13-25-15-18-35-28(25)30/h1-3,5-6,8-11,14-15,17-18,26H,4,7,12-13,16,19-20H2,(H,31,32). The van der Waals surface area contributed by atoms with Crippen LogP contribution in [0.3, 0.4) is 0 Å². The predicted molar refractivity (Wildman–Crippen MR) is 144 cm³/mol. The number of hydrogen-bond donors (Lipinski definition) is 1. The molecule has 35 heavy (non-hydrogen) atoms. The maximum atomic E-state index is 11.7. The molecule has 1 aliphatic rings. The van der Waals surface area contributed by atoms with E-state index in [1.165, 1.54) is 26.7 Å². The van der Waals surface area contributed by atoms with Crippen molar-refractivity contribution < 1.29 is 14.6 Å². The lowest BCUT2D eigenvalue weighted by molar-refractivity contribution is -0.151. The number of carbonyl (C=O) groups is 1. The normalized spacial score (nSPS) is 13.7. The molecule has 1 atom stereocenters. The topological polar surface area (TPSA) is 49.8 Å². The molecule has 2 aromatic heterocycles. The highest BCUT2D eigenvalue weighted by atomic mass is 32.1. The molecule has 0 radical (unpaired) electrons. The van der Waals surface area contributed by atoms with Crippen LogP contribution in [0.5, 0.6) is 0 Å². The van der Waals surface area contributed by atoms with Crippen LogP contribution in [0.25, 0.3) is 0 Å². The van der Waals surface area contributed by atoms with Crippen molar-refractivity contribution in [3.8, 4) is 0 Å². The van der Waals surface area contributed by atoms with Gasteiger partial charge < -0.3 is 14.7 Å². The summed E-state index contributed by atoms with van der Waals surface area (Å²) in [6, 6.07) is 22.6. The van der Waals surface area contributed by atoms with Crippen molar-refractivity contribution in [2.24, 2.45) is 0 Å². The third-order valence-corrected chi connectivity index (χ3v) is 8.42. The van der Waals surface area contributed by atoms with E-state index in [1.807, 2.05) is 65.1 Å². The number of carboxylic acids is 1. The van der Waals surface area contributed by atoms with Crippen molar-refractivity contribution in [3.05, 3.63) is 105 Å². The number of fused-ring (bicyclic) bond motifs is 2. The number of ether oxygens (including phenoxy) is 1. The molecule has 4 aromatic rings. The van der Waals surface area contributed by atoms with E-state index in [0.717, 1.165) is 43.4 Å². The maximum Gasteiger partial charge on any atom is 0.333 e. The molecule has 1 unspecified atom stereocenters. The molecule has 2 aromatic carbocycles. The van der Waals surface area contributed by atoms with Crippen LogP contribution < -0.4 is 4.90 Å². The molecule has 3 heterocycles. The predicted octanol–water partition coefficient (Wildman–Crippen LogP) is 6.89. The molecule has 0 saturated heterocycles. The molecular weight excluding hydrogens is 474 g/mol. The van der Waals surface area contributed by atoms with E-state index >= 15 is 0 Å². The number of benzene rings is 2. The van der Waals surface area contributed by atoms with Crippen LogP contribution in [0, 0.1) is 0 Å². The third-order valence-electron chi connectivity index (χ3n) is 6.46. The first-order valence-corrected chi connectivity index (χ1v) is 13.8. The van der Waals surface area contributed by atoms with Crippen LogP contribution in [0.4, 0.5) is 10.0 Å². The van der Waals surface area contributed by atoms with Gasteiger partial charge in [0.1, 0.15) is 0 Å². The summed E-state index contributed by atoms with van der Waals surface area (Å²) < 4.78 is 5.71. The number of thiophene rings is 2. The monoisotopic (exact) mass is 503 g/mol. The SMILES string of the molecule is O=C(O)C(Cc1ccc(CCCN2c3sccc3CCc3ccsc32)cc1)OCc1ccccc1. The Balaban J connectivity index is 1.17. The zero-order valence-corrected chi connectivity index (χ0v) is 21.2. The zero-order chi connectivity index (χ0) is 24.0. The van der Waals surface area contributed by atoms with Gasteiger partial charge in [0.25, 0.3) is 0 Å². The van der Waals surface area contributed by atoms with E-state index in [2.05, 4.69) is 39.9 Å². The van der Waals surface area contributed by atoms with Gasteiger partial charge in [-0.15, -0.1) is 22.7 Å². The Labute approximate surface area is 214 Å². The Morgan fingerprint density at radius 2 is 1.49 bits per heavy atom. The quantitative estimate of drug-likeness (QED) is 0.256. The summed E-state index contributed by atoms with van der Waals surface area (Å²) in [5, 5.41) is 16.8. The van der Waals surface area contributed by atoms with Gasteiger partial charge in [-0.1, -0.05) is 54.6 Å². The van der Waals surface area contributed by atoms with Crippen molar-refractivity contribution in [2.45, 2.75) is 44.8 Å². The Morgan fingerprint density at radius 3 is 2.11 bits per heavy atom. The minimum atomic E-state index is -0.927. The highest BCUT2D eigenvalue weighted by molar-refractivity contribution is 7.16. The van der Waals surface area contributed by atoms with Gasteiger partial charge in [0.05, 0.1) is 16.6 Å². The summed E-state index contributed by atoms with van der Waals surface area (Å²) in [7, 11) is 0. The maximum absolute atomic E-state index is 11.7. The van der Waals surface area contributed by atoms with Gasteiger partial charge in [0.2, 0.25) is 0 Å². The fourth-order valence-electron chi connectivity index (χ4n) is 4.56. The van der Waals surface area contributed by atoms with E-state index in [4.69, 9.17) is 4.74 Å². The summed E-state index contributed by atoms with van der Waals surface area (Å²) in [5.74, 6) is -0.927. The molecule has 6 heteroatoms. The molecule has 4 nitrogen and oxygen atoms in total. The molecule has 0 fully saturated rings. The molecule has 0 bridgehead atoms. The minimum absolute atomic E-state index is 0.296. The molecular formula is C29H29NO3S2. The lowest BCUT2D eigenvalue weighted by Gasteiger charge is -2.22. The second-order valence-corrected chi connectivity index (χ2v) is 10.7. The zero-order valence-electron chi connectivity index (χ0n) is 19.6. The van der Waals surface area contributed by atoms with Gasteiger partial charge in [0.15, 0.2) is 6.10 Å². The van der Waals surface area contributed by atoms with Crippen LogP contribution in [0.15, 0.2) is 77.5 Å². The number of rotatable bonds is 10. The number of carboxylic acid groups (broad SMARTS) is 1. The molecule has 0 saturated carbocycles. The van der Waals surface area contributed by atoms with Gasteiger partial charge in [-0.25, -0.2) is 4.79 Å². The van der Waals surface area contributed by atoms with Crippen molar-refractivity contribution in [1.82, 2.24) is 0 Å². The second kappa shape index (κ2) is 11.2. The Hall–Kier alpha value is -2.93. The minimum Gasteiger partial charge on any atom is -0.479 e. The van der Waals surface area contributed by atoms with Crippen molar-refractivity contribution in [1.29, 1.82) is 0 Å². The highest BCUT2D eigenvalue weighted by Gasteiger charge is 2.22. The number of aryl methyl sites for hydroxylation is 3. The first-order chi connectivity index (χ1) is 17.2. The van der Waals surface area contributed by atoms with Gasteiger partial charge in [-0.05, 0) is 76.4 Å². The van der Waals surface area contributed by atoms with Crippen molar-refractivity contribution >= 4 is 38.6 Å². The fourth-order valence-corrected chi connectivity index (χ4v) is 6.60. The van der Waals surface area contributed by atoms with E-state index < -0.39 is 12.1 Å². The third kappa shape index (κ3) is 5.84. The Kier molecular flexibility index (Phi) is 7.62. The molecule has 0 aliphatic carbocycles. The Morgan fingerprint density at radius 1 is 0.857 bits per heavy atom. The number of hydrogen-bond acceptors (Lipinski definition) is 5. The second-order valence-electron chi connectivity index (χ2n) is 8.90. The van der Waals surface area contributed by atoms with Crippen LogP contribution in [0.1, 0.15) is 34.2 Å². The molecule has 0 amide bonds. The van der Waals surface area contributed by atoms with E-state index in [1.54, 1.807) is 0 Å². The molecule has 1 N–H and O–H groups in total. The number of aliphatic carboxylic acids is 1. The van der Waals surface area contributed by atoms with Gasteiger partial charge in [-0.3, -0.25) is 0 Å². The van der Waals surface area contributed by atoms with E-state index in [-0.39, 0.29) is 0 Å². The summed E-state index contributed by atoms with van der Waals surface area (Å²) in [6.45, 7) is 1.29. The molecule has 0 spiro atoms. The number of nitrogens with zero attached hydrogens (tertiary/aromatic N) is 1. The lowest BCUT2D eigenvalue weighted by atomic mass is 10.0. The summed E-state index contributed by atoms with van der Waals surface area (Å²) in [5.41, 5.74) is 6.16. The van der Waals surface area contributed by atoms with Gasteiger partial charge in [-0.2, -0.15) is 0 Å². The first kappa shape index (κ1) is 23.8. The highest BCUT2D eigenvalue weighted by Crippen LogP contribution is 2.42. The summed E-state index contributed by atoms with van der Waals surface area (Å²) in [6.07, 6.45) is 3.79. The van der Waals surface area contributed by atoms with Crippen molar-refractivity contribution in [2.75, 3.05) is 11.4 Å². The first-order valence-electron chi connectivity index (χ1n) is 12.0. The lowest BCUT2D eigenvalue weighted by Crippen LogP contribution is -2.26. The average molecular weight is 504 g/mol. The van der Waals surface area contributed by atoms with Gasteiger partial charge in [0, 0.05) is 13.0 Å². The van der Waals surface area contributed by atoms with Crippen LogP contribution in [-0.2, 0) is 41.8 Å². The fraction of sp³-hybridized carbons (Fsp3) is 0.276. The van der Waals surface area contributed by atoms with Crippen LogP contribution >= 0.6 is 22.7 Å². The molecule has 1 aliphatic heterocycles. The molecule has 5 rings (SSSR count). The number of anilines is 2. The molecule has 180 valence electrons. The van der Waals surface area contributed by atoms with Gasteiger partial charge >= 0.3 is 5.97 Å². The van der Waals surface area contributed by atoms with Crippen molar-refractivity contribution in [3.63, 3.8) is 0 Å². The summed E-state index contributed by atoms with van der Waals surface area (Å²) >= 11 is 3.69. The largest absolute Gasteiger partial charge is 0.479 e. The summed E-state index contributed by atoms with van der Waals surface area (Å²) in [4.78, 5) is 14.2. The van der Waals surface area contributed by atoms with E-state index in [0.29, 0.717) is 13.0 Å². The average Bonchev–Trinajstić information content (AvgIpc) is 3.52.